The van der Waals surface area contributed by atoms with Gasteiger partial charge in [0.1, 0.15) is 17.5 Å². The van der Waals surface area contributed by atoms with E-state index in [1.807, 2.05) is 24.3 Å². The maximum absolute atomic E-state index is 11.2. The molecule has 2 rings (SSSR count). The third kappa shape index (κ3) is 5.89. The molecule has 5 nitrogen and oxygen atoms in total. The van der Waals surface area contributed by atoms with E-state index >= 15 is 0 Å². The topological polar surface area (TPSA) is 74.4 Å². The van der Waals surface area contributed by atoms with Crippen LogP contribution < -0.4 is 10.5 Å². The molecule has 0 saturated heterocycles. The second-order valence-corrected chi connectivity index (χ2v) is 4.26. The van der Waals surface area contributed by atoms with Gasteiger partial charge in [-0.3, -0.25) is 9.78 Å². The lowest BCUT2D eigenvalue weighted by molar-refractivity contribution is -0.142. The summed E-state index contributed by atoms with van der Waals surface area (Å²) in [5.74, 6) is 1.02. The molecule has 1 atom stereocenters. The number of nitrogens with zero attached hydrogens (tertiary/aromatic N) is 1. The molecular formula is C15H18Cl2N2O3. The van der Waals surface area contributed by atoms with Gasteiger partial charge >= 0.3 is 5.97 Å². The molecule has 0 aliphatic heterocycles. The summed E-state index contributed by atoms with van der Waals surface area (Å²) in [6, 6.07) is 10.3. The highest BCUT2D eigenvalue weighted by atomic mass is 35.5. The quantitative estimate of drug-likeness (QED) is 0.844. The molecule has 0 radical (unpaired) electrons. The fraction of sp³-hybridized carbons (Fsp3) is 0.200. The molecule has 1 heterocycles. The molecule has 0 aliphatic carbocycles. The summed E-state index contributed by atoms with van der Waals surface area (Å²) < 4.78 is 10.2. The average molecular weight is 345 g/mol. The van der Waals surface area contributed by atoms with Gasteiger partial charge in [-0.25, -0.2) is 0 Å². The summed E-state index contributed by atoms with van der Waals surface area (Å²) in [7, 11) is 1.33. The van der Waals surface area contributed by atoms with Crippen molar-refractivity contribution in [3.63, 3.8) is 0 Å². The van der Waals surface area contributed by atoms with Crippen molar-refractivity contribution in [2.24, 2.45) is 5.73 Å². The largest absolute Gasteiger partial charge is 0.468 e. The highest BCUT2D eigenvalue weighted by molar-refractivity contribution is 5.85. The Balaban J connectivity index is 0.00000220. The molecule has 0 fully saturated rings. The number of aromatic nitrogens is 1. The van der Waals surface area contributed by atoms with Crippen LogP contribution in [0.1, 0.15) is 5.56 Å². The van der Waals surface area contributed by atoms with Crippen molar-refractivity contribution < 1.29 is 14.3 Å². The number of esters is 1. The lowest BCUT2D eigenvalue weighted by atomic mass is 10.1. The number of carbonyl (C=O) groups excluding carboxylic acids is 1. The van der Waals surface area contributed by atoms with Crippen molar-refractivity contribution in [1.29, 1.82) is 0 Å². The van der Waals surface area contributed by atoms with Crippen molar-refractivity contribution in [3.05, 3.63) is 54.4 Å². The molecule has 7 heteroatoms. The first-order chi connectivity index (χ1) is 9.69. The summed E-state index contributed by atoms with van der Waals surface area (Å²) in [5.41, 5.74) is 6.66. The van der Waals surface area contributed by atoms with Crippen LogP contribution in [0.3, 0.4) is 0 Å². The number of ether oxygens (including phenoxy) is 2. The zero-order chi connectivity index (χ0) is 14.4. The van der Waals surface area contributed by atoms with Gasteiger partial charge in [-0.05, 0) is 36.2 Å². The van der Waals surface area contributed by atoms with Crippen LogP contribution in [0.4, 0.5) is 0 Å². The fourth-order valence-electron chi connectivity index (χ4n) is 1.72. The number of hydrogen-bond donors (Lipinski definition) is 1. The maximum atomic E-state index is 11.2. The zero-order valence-corrected chi connectivity index (χ0v) is 13.6. The molecule has 2 N–H and O–H groups in total. The van der Waals surface area contributed by atoms with Crippen molar-refractivity contribution in [2.75, 3.05) is 7.11 Å². The zero-order valence-electron chi connectivity index (χ0n) is 12.0. The highest BCUT2D eigenvalue weighted by Gasteiger charge is 2.14. The van der Waals surface area contributed by atoms with Gasteiger partial charge in [0.05, 0.1) is 7.11 Å². The first-order valence-corrected chi connectivity index (χ1v) is 6.19. The number of pyridine rings is 1. The lowest BCUT2D eigenvalue weighted by Crippen LogP contribution is -2.33. The van der Waals surface area contributed by atoms with Crippen LogP contribution in [0.5, 0.6) is 11.5 Å². The molecule has 0 spiro atoms. The third-order valence-corrected chi connectivity index (χ3v) is 2.77. The van der Waals surface area contributed by atoms with E-state index in [1.165, 1.54) is 7.11 Å². The van der Waals surface area contributed by atoms with Crippen LogP contribution in [0.15, 0.2) is 48.8 Å². The number of methoxy groups -OCH3 is 1. The first kappa shape index (κ1) is 20.2. The Morgan fingerprint density at radius 2 is 1.64 bits per heavy atom. The van der Waals surface area contributed by atoms with Gasteiger partial charge in [-0.2, -0.15) is 0 Å². The maximum Gasteiger partial charge on any atom is 0.322 e. The smallest absolute Gasteiger partial charge is 0.322 e. The van der Waals surface area contributed by atoms with Crippen LogP contribution in [-0.4, -0.2) is 24.1 Å². The second kappa shape index (κ2) is 10.00. The van der Waals surface area contributed by atoms with E-state index in [0.717, 1.165) is 11.3 Å². The summed E-state index contributed by atoms with van der Waals surface area (Å²) in [6.07, 6.45) is 3.76. The highest BCUT2D eigenvalue weighted by Crippen LogP contribution is 2.21. The Bertz CT molecular complexity index is 565. The van der Waals surface area contributed by atoms with Crippen LogP contribution in [0.2, 0.25) is 0 Å². The minimum atomic E-state index is -0.646. The molecule has 120 valence electrons. The van der Waals surface area contributed by atoms with Crippen LogP contribution >= 0.6 is 24.8 Å². The molecule has 2 aromatic rings. The van der Waals surface area contributed by atoms with E-state index in [-0.39, 0.29) is 24.8 Å². The van der Waals surface area contributed by atoms with Crippen molar-refractivity contribution >= 4 is 30.8 Å². The monoisotopic (exact) mass is 344 g/mol. The lowest BCUT2D eigenvalue weighted by Gasteiger charge is -2.10. The van der Waals surface area contributed by atoms with Gasteiger partial charge in [-0.15, -0.1) is 24.8 Å². The molecule has 0 amide bonds. The van der Waals surface area contributed by atoms with E-state index in [0.29, 0.717) is 12.2 Å². The van der Waals surface area contributed by atoms with Gasteiger partial charge in [0.15, 0.2) is 0 Å². The Kier molecular flexibility index (Phi) is 9.17. The molecular weight excluding hydrogens is 327 g/mol. The second-order valence-electron chi connectivity index (χ2n) is 4.26. The number of halogens is 2. The average Bonchev–Trinajstić information content (AvgIpc) is 2.49. The summed E-state index contributed by atoms with van der Waals surface area (Å²) in [4.78, 5) is 15.2. The number of carbonyl (C=O) groups is 1. The third-order valence-electron chi connectivity index (χ3n) is 2.77. The van der Waals surface area contributed by atoms with E-state index in [4.69, 9.17) is 10.5 Å². The van der Waals surface area contributed by atoms with Gasteiger partial charge in [0, 0.05) is 12.4 Å². The summed E-state index contributed by atoms with van der Waals surface area (Å²) in [6.45, 7) is 0. The Morgan fingerprint density at radius 3 is 2.18 bits per heavy atom. The molecule has 1 unspecified atom stereocenters. The predicted octanol–water partition coefficient (Wildman–Crippen LogP) is 2.76. The van der Waals surface area contributed by atoms with Gasteiger partial charge in [0.2, 0.25) is 0 Å². The Hall–Kier alpha value is -1.82. The number of hydrogen-bond acceptors (Lipinski definition) is 5. The van der Waals surface area contributed by atoms with E-state index in [9.17, 15) is 4.79 Å². The summed E-state index contributed by atoms with van der Waals surface area (Å²) in [5, 5.41) is 0. The molecule has 0 bridgehead atoms. The fourth-order valence-corrected chi connectivity index (χ4v) is 1.72. The van der Waals surface area contributed by atoms with E-state index in [1.54, 1.807) is 24.5 Å². The Morgan fingerprint density at radius 1 is 1.09 bits per heavy atom. The van der Waals surface area contributed by atoms with Crippen molar-refractivity contribution in [2.45, 2.75) is 12.5 Å². The van der Waals surface area contributed by atoms with Crippen LogP contribution in [-0.2, 0) is 16.0 Å². The SMILES string of the molecule is COC(=O)C(N)Cc1ccc(Oc2ccncc2)cc1.Cl.Cl. The van der Waals surface area contributed by atoms with Crippen molar-refractivity contribution in [1.82, 2.24) is 4.98 Å². The normalized spacial score (nSPS) is 10.6. The number of nitrogens with two attached hydrogens (primary N) is 1. The molecule has 22 heavy (non-hydrogen) atoms. The predicted molar refractivity (Wildman–Crippen MR) is 88.9 cm³/mol. The van der Waals surface area contributed by atoms with Gasteiger partial charge < -0.3 is 15.2 Å². The standard InChI is InChI=1S/C15H16N2O3.2ClH/c1-19-15(18)14(16)10-11-2-4-12(5-3-11)20-13-6-8-17-9-7-13;;/h2-9,14H,10,16H2,1H3;2*1H. The molecule has 0 saturated carbocycles. The van der Waals surface area contributed by atoms with Crippen LogP contribution in [0.25, 0.3) is 0 Å². The summed E-state index contributed by atoms with van der Waals surface area (Å²) >= 11 is 0. The van der Waals surface area contributed by atoms with E-state index < -0.39 is 12.0 Å². The number of rotatable bonds is 5. The minimum Gasteiger partial charge on any atom is -0.468 e. The first-order valence-electron chi connectivity index (χ1n) is 6.19. The molecule has 1 aromatic heterocycles. The molecule has 0 aliphatic rings. The molecule has 1 aromatic carbocycles. The van der Waals surface area contributed by atoms with Gasteiger partial charge in [-0.1, -0.05) is 12.1 Å². The van der Waals surface area contributed by atoms with E-state index in [2.05, 4.69) is 9.72 Å². The number of benzene rings is 1. The van der Waals surface area contributed by atoms with Crippen molar-refractivity contribution in [3.8, 4) is 11.5 Å². The minimum absolute atomic E-state index is 0. The van der Waals surface area contributed by atoms with Gasteiger partial charge in [0.25, 0.3) is 0 Å². The van der Waals surface area contributed by atoms with Crippen LogP contribution in [0, 0.1) is 0 Å². The Labute approximate surface area is 141 Å².